The van der Waals surface area contributed by atoms with Crippen LogP contribution in [0.3, 0.4) is 0 Å². The summed E-state index contributed by atoms with van der Waals surface area (Å²) in [4.78, 5) is 27.2. The van der Waals surface area contributed by atoms with Crippen molar-refractivity contribution in [1.29, 1.82) is 0 Å². The highest BCUT2D eigenvalue weighted by Crippen LogP contribution is 2.36. The summed E-state index contributed by atoms with van der Waals surface area (Å²) in [5, 5.41) is 5.09. The van der Waals surface area contributed by atoms with Crippen molar-refractivity contribution in [3.05, 3.63) is 47.2 Å². The maximum atomic E-state index is 12.8. The zero-order valence-corrected chi connectivity index (χ0v) is 16.4. The number of nitrogens with zero attached hydrogens (tertiary/aromatic N) is 2. The number of amides is 2. The molecule has 0 aliphatic carbocycles. The summed E-state index contributed by atoms with van der Waals surface area (Å²) in [6.45, 7) is -0.387. The van der Waals surface area contributed by atoms with Gasteiger partial charge >= 0.3 is 0 Å². The lowest BCUT2D eigenvalue weighted by Gasteiger charge is -2.22. The Hall–Kier alpha value is -2.69. The molecule has 0 saturated heterocycles. The monoisotopic (exact) mass is 424 g/mol. The van der Waals surface area contributed by atoms with Gasteiger partial charge in [-0.2, -0.15) is 4.31 Å². The van der Waals surface area contributed by atoms with Gasteiger partial charge in [-0.25, -0.2) is 8.42 Å². The van der Waals surface area contributed by atoms with Crippen molar-refractivity contribution in [2.24, 2.45) is 0 Å². The molecule has 9 nitrogen and oxygen atoms in total. The number of hydrogen-bond acceptors (Lipinski definition) is 6. The normalized spacial score (nSPS) is 13.5. The highest BCUT2D eigenvalue weighted by Gasteiger charge is 2.28. The van der Waals surface area contributed by atoms with Gasteiger partial charge in [-0.1, -0.05) is 17.7 Å². The van der Waals surface area contributed by atoms with E-state index in [9.17, 15) is 18.0 Å². The lowest BCUT2D eigenvalue weighted by atomic mass is 10.2. The molecule has 2 amide bonds. The molecule has 1 aliphatic rings. The lowest BCUT2D eigenvalue weighted by Crippen LogP contribution is -2.38. The van der Waals surface area contributed by atoms with Crippen LogP contribution < -0.4 is 15.4 Å². The molecule has 0 spiro atoms. The number of nitrogens with one attached hydrogen (secondary N) is 2. The van der Waals surface area contributed by atoms with Crippen molar-refractivity contribution in [2.75, 3.05) is 25.5 Å². The van der Waals surface area contributed by atoms with E-state index in [0.717, 1.165) is 9.87 Å². The molecule has 2 N–H and O–H groups in total. The molecule has 1 aromatic heterocycles. The minimum absolute atomic E-state index is 0.0906. The molecule has 0 unspecified atom stereocenters. The SMILES string of the molecule is CN(CC(=O)NCc1cccnc1)S(=O)(=O)c1cc2c(cc1Cl)NC(=O)CO2. The zero-order chi connectivity index (χ0) is 20.3. The molecular formula is C17H17ClN4O5S. The maximum Gasteiger partial charge on any atom is 0.262 e. The summed E-state index contributed by atoms with van der Waals surface area (Å²) in [6, 6.07) is 6.06. The third kappa shape index (κ3) is 4.41. The number of anilines is 1. The number of halogens is 1. The van der Waals surface area contributed by atoms with Crippen LogP contribution >= 0.6 is 11.6 Å². The van der Waals surface area contributed by atoms with Crippen molar-refractivity contribution in [2.45, 2.75) is 11.4 Å². The van der Waals surface area contributed by atoms with Crippen LogP contribution in [0, 0.1) is 0 Å². The Morgan fingerprint density at radius 2 is 2.21 bits per heavy atom. The van der Waals surface area contributed by atoms with Crippen LogP contribution in [0.5, 0.6) is 5.75 Å². The van der Waals surface area contributed by atoms with Crippen molar-refractivity contribution in [3.8, 4) is 5.75 Å². The van der Waals surface area contributed by atoms with Gasteiger partial charge in [0, 0.05) is 32.1 Å². The van der Waals surface area contributed by atoms with Crippen molar-refractivity contribution >= 4 is 39.1 Å². The van der Waals surface area contributed by atoms with Crippen LogP contribution in [-0.4, -0.2) is 49.7 Å². The molecule has 148 valence electrons. The van der Waals surface area contributed by atoms with E-state index in [-0.39, 0.29) is 40.4 Å². The summed E-state index contributed by atoms with van der Waals surface area (Å²) < 4.78 is 31.8. The second kappa shape index (κ2) is 8.13. The quantitative estimate of drug-likeness (QED) is 0.714. The van der Waals surface area contributed by atoms with E-state index in [0.29, 0.717) is 0 Å². The predicted octanol–water partition coefficient (Wildman–Crippen LogP) is 1.00. The summed E-state index contributed by atoms with van der Waals surface area (Å²) in [6.07, 6.45) is 3.22. The molecule has 28 heavy (non-hydrogen) atoms. The maximum absolute atomic E-state index is 12.8. The van der Waals surface area contributed by atoms with Gasteiger partial charge in [-0.15, -0.1) is 0 Å². The molecule has 2 aromatic rings. The number of aromatic nitrogens is 1. The predicted molar refractivity (Wildman–Crippen MR) is 101 cm³/mol. The number of sulfonamides is 1. The van der Waals surface area contributed by atoms with E-state index >= 15 is 0 Å². The van der Waals surface area contributed by atoms with Gasteiger partial charge in [0.2, 0.25) is 15.9 Å². The van der Waals surface area contributed by atoms with Gasteiger partial charge in [-0.3, -0.25) is 14.6 Å². The largest absolute Gasteiger partial charge is 0.482 e. The van der Waals surface area contributed by atoms with Gasteiger partial charge in [0.25, 0.3) is 5.91 Å². The number of pyridine rings is 1. The molecule has 2 heterocycles. The fourth-order valence-corrected chi connectivity index (χ4v) is 4.13. The number of carbonyl (C=O) groups is 2. The number of hydrogen-bond donors (Lipinski definition) is 2. The average molecular weight is 425 g/mol. The molecule has 0 radical (unpaired) electrons. The van der Waals surface area contributed by atoms with Crippen molar-refractivity contribution < 1.29 is 22.7 Å². The average Bonchev–Trinajstić information content (AvgIpc) is 2.66. The molecule has 0 atom stereocenters. The zero-order valence-electron chi connectivity index (χ0n) is 14.8. The number of benzene rings is 1. The minimum Gasteiger partial charge on any atom is -0.482 e. The lowest BCUT2D eigenvalue weighted by molar-refractivity contribution is -0.121. The van der Waals surface area contributed by atoms with Gasteiger partial charge in [-0.05, 0) is 17.7 Å². The van der Waals surface area contributed by atoms with Crippen LogP contribution in [0.2, 0.25) is 5.02 Å². The second-order valence-corrected chi connectivity index (χ2v) is 8.44. The molecule has 0 saturated carbocycles. The van der Waals surface area contributed by atoms with Crippen molar-refractivity contribution in [3.63, 3.8) is 0 Å². The van der Waals surface area contributed by atoms with Gasteiger partial charge in [0.05, 0.1) is 17.3 Å². The molecule has 1 aliphatic heterocycles. The van der Waals surface area contributed by atoms with Crippen LogP contribution in [0.1, 0.15) is 5.56 Å². The fourth-order valence-electron chi connectivity index (χ4n) is 2.49. The Morgan fingerprint density at radius 1 is 1.43 bits per heavy atom. The van der Waals surface area contributed by atoms with Gasteiger partial charge in [0.1, 0.15) is 10.6 Å². The summed E-state index contributed by atoms with van der Waals surface area (Å²) in [5.74, 6) is -0.647. The third-order valence-corrected chi connectivity index (χ3v) is 6.20. The topological polar surface area (TPSA) is 118 Å². The van der Waals surface area contributed by atoms with E-state index in [1.807, 2.05) is 0 Å². The summed E-state index contributed by atoms with van der Waals surface area (Å²) in [7, 11) is -2.78. The van der Waals surface area contributed by atoms with E-state index in [4.69, 9.17) is 16.3 Å². The second-order valence-electron chi connectivity index (χ2n) is 6.01. The molecule has 0 fully saturated rings. The Balaban J connectivity index is 1.71. The first-order valence-corrected chi connectivity index (χ1v) is 9.97. The summed E-state index contributed by atoms with van der Waals surface area (Å²) >= 11 is 6.10. The Labute approximate surface area is 166 Å². The molecule has 1 aromatic carbocycles. The first-order valence-electron chi connectivity index (χ1n) is 8.15. The molecule has 0 bridgehead atoms. The first-order chi connectivity index (χ1) is 13.3. The number of rotatable bonds is 6. The van der Waals surface area contributed by atoms with E-state index in [2.05, 4.69) is 15.6 Å². The molecule has 3 rings (SSSR count). The van der Waals surface area contributed by atoms with Crippen LogP contribution in [0.25, 0.3) is 0 Å². The third-order valence-electron chi connectivity index (χ3n) is 3.93. The molecular weight excluding hydrogens is 408 g/mol. The highest BCUT2D eigenvalue weighted by molar-refractivity contribution is 7.89. The minimum atomic E-state index is -4.06. The molecule has 11 heteroatoms. The fraction of sp³-hybridized carbons (Fsp3) is 0.235. The van der Waals surface area contributed by atoms with E-state index in [1.165, 1.54) is 19.2 Å². The standard InChI is InChI=1S/C17H17ClN4O5S/c1-22(9-16(23)20-8-11-3-2-4-19-7-11)28(25,26)15-6-14-13(5-12(15)18)21-17(24)10-27-14/h2-7H,8-10H2,1H3,(H,20,23)(H,21,24). The van der Waals surface area contributed by atoms with E-state index in [1.54, 1.807) is 24.5 Å². The van der Waals surface area contributed by atoms with E-state index < -0.39 is 22.5 Å². The Morgan fingerprint density at radius 3 is 2.93 bits per heavy atom. The highest BCUT2D eigenvalue weighted by atomic mass is 35.5. The smallest absolute Gasteiger partial charge is 0.262 e. The van der Waals surface area contributed by atoms with Gasteiger partial charge < -0.3 is 15.4 Å². The van der Waals surface area contributed by atoms with Crippen molar-refractivity contribution in [1.82, 2.24) is 14.6 Å². The first kappa shape index (κ1) is 20.1. The number of ether oxygens (including phenoxy) is 1. The van der Waals surface area contributed by atoms with Crippen LogP contribution in [0.4, 0.5) is 5.69 Å². The summed E-state index contributed by atoms with van der Waals surface area (Å²) in [5.41, 5.74) is 1.08. The number of likely N-dealkylation sites (N-methyl/N-ethyl adjacent to an activating group) is 1. The van der Waals surface area contributed by atoms with Crippen LogP contribution in [0.15, 0.2) is 41.6 Å². The number of fused-ring (bicyclic) bond motifs is 1. The Bertz CT molecular complexity index is 1010. The van der Waals surface area contributed by atoms with Gasteiger partial charge in [0.15, 0.2) is 6.61 Å². The van der Waals surface area contributed by atoms with Crippen LogP contribution in [-0.2, 0) is 26.2 Å². The number of carbonyl (C=O) groups excluding carboxylic acids is 2. The Kier molecular flexibility index (Phi) is 5.82.